The molecule has 6 nitrogen and oxygen atoms in total. The first kappa shape index (κ1) is 14.5. The van der Waals surface area contributed by atoms with Crippen molar-refractivity contribution in [1.29, 1.82) is 5.26 Å². The quantitative estimate of drug-likeness (QED) is 0.716. The van der Waals surface area contributed by atoms with Crippen LogP contribution in [0, 0.1) is 16.7 Å². The number of nitrogens with one attached hydrogen (secondary N) is 1. The number of nitrogens with zero attached hydrogens (tertiary/aromatic N) is 1. The van der Waals surface area contributed by atoms with Gasteiger partial charge in [0.15, 0.2) is 0 Å². The number of hydrogen-bond acceptors (Lipinski definition) is 5. The maximum atomic E-state index is 11.9. The predicted molar refractivity (Wildman–Crippen MR) is 62.4 cm³/mol. The second-order valence-corrected chi connectivity index (χ2v) is 4.12. The number of nitriles is 1. The zero-order chi connectivity index (χ0) is 13.4. The molecule has 1 N–H and O–H groups in total. The largest absolute Gasteiger partial charge is 0.466 e. The summed E-state index contributed by atoms with van der Waals surface area (Å²) in [4.78, 5) is 23.0. The van der Waals surface area contributed by atoms with Gasteiger partial charge in [0.1, 0.15) is 5.41 Å². The summed E-state index contributed by atoms with van der Waals surface area (Å²) in [5.74, 6) is -0.673. The lowest BCUT2D eigenvalue weighted by molar-refractivity contribution is -0.143. The van der Waals surface area contributed by atoms with Crippen molar-refractivity contribution in [3.8, 4) is 6.07 Å². The minimum atomic E-state index is -1.01. The number of carbonyl (C=O) groups is 2. The molecule has 0 saturated carbocycles. The molecule has 0 atom stereocenters. The zero-order valence-electron chi connectivity index (χ0n) is 10.5. The molecule has 1 amide bonds. The predicted octanol–water partition coefficient (Wildman–Crippen LogP) is 0.376. The van der Waals surface area contributed by atoms with E-state index in [9.17, 15) is 9.59 Å². The molecule has 0 unspecified atom stereocenters. The molecule has 0 aliphatic carbocycles. The smallest absolute Gasteiger partial charge is 0.307 e. The van der Waals surface area contributed by atoms with Crippen molar-refractivity contribution >= 4 is 11.9 Å². The molecule has 1 fully saturated rings. The van der Waals surface area contributed by atoms with Gasteiger partial charge in [-0.3, -0.25) is 9.59 Å². The van der Waals surface area contributed by atoms with E-state index in [2.05, 4.69) is 11.4 Å². The third-order valence-corrected chi connectivity index (χ3v) is 2.92. The van der Waals surface area contributed by atoms with Gasteiger partial charge in [0, 0.05) is 19.8 Å². The molecule has 0 radical (unpaired) electrons. The third kappa shape index (κ3) is 3.70. The minimum absolute atomic E-state index is 0.123. The number of carbonyl (C=O) groups excluding carboxylic acids is 2. The summed E-state index contributed by atoms with van der Waals surface area (Å²) < 4.78 is 9.89. The molecule has 18 heavy (non-hydrogen) atoms. The molecule has 100 valence electrons. The molecule has 0 aromatic carbocycles. The van der Waals surface area contributed by atoms with Crippen molar-refractivity contribution in [2.45, 2.75) is 26.2 Å². The van der Waals surface area contributed by atoms with E-state index in [1.807, 2.05) is 0 Å². The molecule has 6 heteroatoms. The maximum absolute atomic E-state index is 11.9. The molecule has 1 rings (SSSR count). The summed E-state index contributed by atoms with van der Waals surface area (Å²) in [5, 5.41) is 11.8. The Morgan fingerprint density at radius 3 is 2.67 bits per heavy atom. The molecule has 0 spiro atoms. The SMILES string of the molecule is CCOC(=O)CCNC(=O)C1(C#N)CCOCC1. The minimum Gasteiger partial charge on any atom is -0.466 e. The van der Waals surface area contributed by atoms with Crippen molar-refractivity contribution in [2.24, 2.45) is 5.41 Å². The summed E-state index contributed by atoms with van der Waals surface area (Å²) in [5.41, 5.74) is -1.01. The Labute approximate surface area is 106 Å². The molecule has 0 bridgehead atoms. The highest BCUT2D eigenvalue weighted by Crippen LogP contribution is 2.29. The average Bonchev–Trinajstić information content (AvgIpc) is 2.39. The van der Waals surface area contributed by atoms with Crippen molar-refractivity contribution < 1.29 is 19.1 Å². The van der Waals surface area contributed by atoms with Gasteiger partial charge in [-0.1, -0.05) is 0 Å². The normalized spacial score (nSPS) is 17.6. The van der Waals surface area contributed by atoms with E-state index in [0.29, 0.717) is 32.7 Å². The van der Waals surface area contributed by atoms with Gasteiger partial charge in [-0.05, 0) is 19.8 Å². The first-order valence-corrected chi connectivity index (χ1v) is 6.07. The van der Waals surface area contributed by atoms with Gasteiger partial charge in [0.2, 0.25) is 5.91 Å². The van der Waals surface area contributed by atoms with E-state index in [1.165, 1.54) is 0 Å². The monoisotopic (exact) mass is 254 g/mol. The van der Waals surface area contributed by atoms with E-state index < -0.39 is 5.41 Å². The second-order valence-electron chi connectivity index (χ2n) is 4.12. The lowest BCUT2D eigenvalue weighted by atomic mass is 9.81. The number of amides is 1. The van der Waals surface area contributed by atoms with E-state index in [0.717, 1.165) is 0 Å². The standard InChI is InChI=1S/C12H18N2O4/c1-2-18-10(15)3-6-14-11(16)12(9-13)4-7-17-8-5-12/h2-8H2,1H3,(H,14,16). The Kier molecular flexibility index (Phi) is 5.59. The lowest BCUT2D eigenvalue weighted by Crippen LogP contribution is -2.44. The summed E-state index contributed by atoms with van der Waals surface area (Å²) >= 11 is 0. The van der Waals surface area contributed by atoms with Crippen LogP contribution in [-0.4, -0.2) is 38.2 Å². The number of hydrogen-bond donors (Lipinski definition) is 1. The fraction of sp³-hybridized carbons (Fsp3) is 0.750. The molecular formula is C12H18N2O4. The lowest BCUT2D eigenvalue weighted by Gasteiger charge is -2.29. The Bertz CT molecular complexity index is 342. The number of ether oxygens (including phenoxy) is 2. The van der Waals surface area contributed by atoms with Gasteiger partial charge in [0.05, 0.1) is 19.1 Å². The molecule has 0 aromatic heterocycles. The Morgan fingerprint density at radius 2 is 2.11 bits per heavy atom. The summed E-state index contributed by atoms with van der Waals surface area (Å²) in [7, 11) is 0. The maximum Gasteiger partial charge on any atom is 0.307 e. The number of esters is 1. The highest BCUT2D eigenvalue weighted by molar-refractivity contribution is 5.85. The highest BCUT2D eigenvalue weighted by atomic mass is 16.5. The Balaban J connectivity index is 2.39. The van der Waals surface area contributed by atoms with E-state index >= 15 is 0 Å². The summed E-state index contributed by atoms with van der Waals surface area (Å²) in [6, 6.07) is 2.07. The van der Waals surface area contributed by atoms with Gasteiger partial charge in [0.25, 0.3) is 0 Å². The summed E-state index contributed by atoms with van der Waals surface area (Å²) in [6.07, 6.45) is 0.918. The fourth-order valence-corrected chi connectivity index (χ4v) is 1.79. The average molecular weight is 254 g/mol. The van der Waals surface area contributed by atoms with Gasteiger partial charge >= 0.3 is 5.97 Å². The van der Waals surface area contributed by atoms with E-state index in [1.54, 1.807) is 6.92 Å². The van der Waals surface area contributed by atoms with Crippen LogP contribution in [0.5, 0.6) is 0 Å². The van der Waals surface area contributed by atoms with Gasteiger partial charge < -0.3 is 14.8 Å². The van der Waals surface area contributed by atoms with Crippen LogP contribution in [0.25, 0.3) is 0 Å². The van der Waals surface area contributed by atoms with Gasteiger partial charge in [-0.2, -0.15) is 5.26 Å². The van der Waals surface area contributed by atoms with Crippen molar-refractivity contribution in [3.63, 3.8) is 0 Å². The molecule has 1 heterocycles. The second kappa shape index (κ2) is 6.97. The van der Waals surface area contributed by atoms with Crippen LogP contribution in [0.3, 0.4) is 0 Å². The first-order chi connectivity index (χ1) is 8.64. The van der Waals surface area contributed by atoms with Crippen LogP contribution >= 0.6 is 0 Å². The fourth-order valence-electron chi connectivity index (χ4n) is 1.79. The Hall–Kier alpha value is -1.61. The van der Waals surface area contributed by atoms with Crippen LogP contribution < -0.4 is 5.32 Å². The van der Waals surface area contributed by atoms with Crippen molar-refractivity contribution in [1.82, 2.24) is 5.32 Å². The van der Waals surface area contributed by atoms with Crippen LogP contribution in [0.2, 0.25) is 0 Å². The van der Waals surface area contributed by atoms with Gasteiger partial charge in [-0.15, -0.1) is 0 Å². The molecular weight excluding hydrogens is 236 g/mol. The van der Waals surface area contributed by atoms with Crippen LogP contribution in [-0.2, 0) is 19.1 Å². The third-order valence-electron chi connectivity index (χ3n) is 2.92. The van der Waals surface area contributed by atoms with E-state index in [4.69, 9.17) is 14.7 Å². The zero-order valence-corrected chi connectivity index (χ0v) is 10.5. The number of rotatable bonds is 5. The molecule has 1 aliphatic heterocycles. The topological polar surface area (TPSA) is 88.4 Å². The van der Waals surface area contributed by atoms with Crippen LogP contribution in [0.15, 0.2) is 0 Å². The Morgan fingerprint density at radius 1 is 1.44 bits per heavy atom. The highest BCUT2D eigenvalue weighted by Gasteiger charge is 2.40. The van der Waals surface area contributed by atoms with Crippen LogP contribution in [0.1, 0.15) is 26.2 Å². The molecule has 1 aliphatic rings. The van der Waals surface area contributed by atoms with Gasteiger partial charge in [-0.25, -0.2) is 0 Å². The summed E-state index contributed by atoms with van der Waals surface area (Å²) in [6.45, 7) is 3.08. The van der Waals surface area contributed by atoms with Crippen molar-refractivity contribution in [3.05, 3.63) is 0 Å². The van der Waals surface area contributed by atoms with Crippen LogP contribution in [0.4, 0.5) is 0 Å². The van der Waals surface area contributed by atoms with E-state index in [-0.39, 0.29) is 24.8 Å². The molecule has 1 saturated heterocycles. The molecule has 0 aromatic rings. The van der Waals surface area contributed by atoms with Crippen molar-refractivity contribution in [2.75, 3.05) is 26.4 Å². The first-order valence-electron chi connectivity index (χ1n) is 6.07.